The lowest BCUT2D eigenvalue weighted by atomic mass is 9.97. The van der Waals surface area contributed by atoms with Crippen molar-refractivity contribution in [2.75, 3.05) is 18.8 Å². The molecule has 1 aliphatic heterocycles. The molecule has 170 valence electrons. The zero-order valence-corrected chi connectivity index (χ0v) is 20.5. The SMILES string of the molecule is Cc1csc(-c2ccc(C3(CC(=O)NO)CCN(C(=O)c4cccs4)CCS3(=O)=O)s2)c1. The van der Waals surface area contributed by atoms with Gasteiger partial charge in [-0.15, -0.1) is 34.0 Å². The van der Waals surface area contributed by atoms with E-state index < -0.39 is 26.9 Å². The maximum Gasteiger partial charge on any atom is 0.263 e. The Morgan fingerprint density at radius 1 is 1.19 bits per heavy atom. The molecule has 1 fully saturated rings. The summed E-state index contributed by atoms with van der Waals surface area (Å²) in [7, 11) is -3.83. The standard InChI is InChI=1S/C21H22N2O5S4/c1-14-11-17(30-13-14)15-4-5-18(31-15)21(12-19(24)22-26)6-7-23(8-10-32(21,27)28)20(25)16-3-2-9-29-16/h2-5,9,11,13,26H,6-8,10,12H2,1H3,(H,22,24). The van der Waals surface area contributed by atoms with Gasteiger partial charge in [-0.1, -0.05) is 6.07 Å². The number of hydrogen-bond donors (Lipinski definition) is 2. The van der Waals surface area contributed by atoms with E-state index in [9.17, 15) is 18.0 Å². The Labute approximate surface area is 198 Å². The fourth-order valence-corrected chi connectivity index (χ4v) is 9.20. The van der Waals surface area contributed by atoms with Crippen LogP contribution in [0.4, 0.5) is 0 Å². The van der Waals surface area contributed by atoms with Crippen molar-refractivity contribution in [1.82, 2.24) is 10.4 Å². The van der Waals surface area contributed by atoms with Crippen LogP contribution in [-0.2, 0) is 19.4 Å². The van der Waals surface area contributed by atoms with E-state index in [1.807, 2.05) is 24.4 Å². The number of hydroxylamine groups is 1. The quantitative estimate of drug-likeness (QED) is 0.400. The number of hydrogen-bond acceptors (Lipinski definition) is 8. The third kappa shape index (κ3) is 4.27. The minimum absolute atomic E-state index is 0.0594. The van der Waals surface area contributed by atoms with Gasteiger partial charge in [-0.2, -0.15) is 0 Å². The van der Waals surface area contributed by atoms with Crippen LogP contribution in [0.15, 0.2) is 41.1 Å². The second-order valence-electron chi connectivity index (χ2n) is 7.70. The van der Waals surface area contributed by atoms with Crippen LogP contribution in [0.25, 0.3) is 9.75 Å². The summed E-state index contributed by atoms with van der Waals surface area (Å²) in [6, 6.07) is 9.17. The van der Waals surface area contributed by atoms with Gasteiger partial charge in [-0.3, -0.25) is 14.8 Å². The predicted octanol–water partition coefficient (Wildman–Crippen LogP) is 3.90. The Morgan fingerprint density at radius 2 is 2.00 bits per heavy atom. The molecule has 11 heteroatoms. The van der Waals surface area contributed by atoms with Gasteiger partial charge in [-0.05, 0) is 53.9 Å². The Hall–Kier alpha value is -2.05. The van der Waals surface area contributed by atoms with Crippen molar-refractivity contribution < 1.29 is 23.2 Å². The molecule has 2 N–H and O–H groups in total. The normalized spacial score (nSPS) is 20.6. The number of nitrogens with zero attached hydrogens (tertiary/aromatic N) is 1. The molecule has 0 bridgehead atoms. The summed E-state index contributed by atoms with van der Waals surface area (Å²) in [5, 5.41) is 13.0. The average Bonchev–Trinajstić information content (AvgIpc) is 3.52. The van der Waals surface area contributed by atoms with Crippen LogP contribution in [0.5, 0.6) is 0 Å². The zero-order chi connectivity index (χ0) is 22.9. The summed E-state index contributed by atoms with van der Waals surface area (Å²) in [5.41, 5.74) is 2.71. The van der Waals surface area contributed by atoms with Gasteiger partial charge in [0.15, 0.2) is 9.84 Å². The number of nitrogens with one attached hydrogen (secondary N) is 1. The maximum absolute atomic E-state index is 13.6. The van der Waals surface area contributed by atoms with Crippen LogP contribution in [0, 0.1) is 6.92 Å². The first-order valence-electron chi connectivity index (χ1n) is 9.89. The monoisotopic (exact) mass is 510 g/mol. The van der Waals surface area contributed by atoms with Gasteiger partial charge >= 0.3 is 0 Å². The van der Waals surface area contributed by atoms with E-state index in [2.05, 4.69) is 0 Å². The molecule has 0 aliphatic carbocycles. The van der Waals surface area contributed by atoms with Gasteiger partial charge in [0.05, 0.1) is 17.1 Å². The highest BCUT2D eigenvalue weighted by atomic mass is 32.2. The number of amides is 2. The Balaban J connectivity index is 1.73. The fraction of sp³-hybridized carbons (Fsp3) is 0.333. The molecular weight excluding hydrogens is 489 g/mol. The summed E-state index contributed by atoms with van der Waals surface area (Å²) < 4.78 is 25.7. The Morgan fingerprint density at radius 3 is 2.66 bits per heavy atom. The van der Waals surface area contributed by atoms with Gasteiger partial charge in [0, 0.05) is 27.7 Å². The molecule has 1 aliphatic rings. The van der Waals surface area contributed by atoms with Gasteiger partial charge in [0.1, 0.15) is 4.75 Å². The van der Waals surface area contributed by atoms with Crippen molar-refractivity contribution in [2.45, 2.75) is 24.5 Å². The molecule has 0 aromatic carbocycles. The highest BCUT2D eigenvalue weighted by molar-refractivity contribution is 7.92. The van der Waals surface area contributed by atoms with Crippen LogP contribution < -0.4 is 5.48 Å². The first-order valence-corrected chi connectivity index (χ1v) is 14.1. The molecule has 4 rings (SSSR count). The topological polar surface area (TPSA) is 104 Å². The summed E-state index contributed by atoms with van der Waals surface area (Å²) in [6.07, 6.45) is -0.334. The van der Waals surface area contributed by atoms with Crippen LogP contribution >= 0.6 is 34.0 Å². The smallest absolute Gasteiger partial charge is 0.263 e. The Bertz CT molecular complexity index is 1230. The minimum Gasteiger partial charge on any atom is -0.337 e. The predicted molar refractivity (Wildman–Crippen MR) is 127 cm³/mol. The van der Waals surface area contributed by atoms with Crippen LogP contribution in [0.1, 0.15) is 33.0 Å². The van der Waals surface area contributed by atoms with Crippen molar-refractivity contribution in [3.05, 3.63) is 56.4 Å². The summed E-state index contributed by atoms with van der Waals surface area (Å²) in [5.74, 6) is -1.24. The summed E-state index contributed by atoms with van der Waals surface area (Å²) in [6.45, 7) is 2.25. The zero-order valence-electron chi connectivity index (χ0n) is 17.2. The van der Waals surface area contributed by atoms with Crippen molar-refractivity contribution in [3.63, 3.8) is 0 Å². The second kappa shape index (κ2) is 9.06. The van der Waals surface area contributed by atoms with Crippen molar-refractivity contribution in [1.29, 1.82) is 0 Å². The molecule has 2 amide bonds. The minimum atomic E-state index is -3.83. The molecule has 1 unspecified atom stereocenters. The van der Waals surface area contributed by atoms with Gasteiger partial charge in [-0.25, -0.2) is 13.9 Å². The fourth-order valence-electron chi connectivity index (χ4n) is 3.90. The third-order valence-corrected chi connectivity index (χ3v) is 11.6. The lowest BCUT2D eigenvalue weighted by Gasteiger charge is -2.30. The van der Waals surface area contributed by atoms with E-state index >= 15 is 0 Å². The van der Waals surface area contributed by atoms with E-state index in [1.54, 1.807) is 45.3 Å². The molecule has 7 nitrogen and oxygen atoms in total. The molecule has 1 atom stereocenters. The van der Waals surface area contributed by atoms with Crippen molar-refractivity contribution in [3.8, 4) is 9.75 Å². The largest absolute Gasteiger partial charge is 0.337 e. The highest BCUT2D eigenvalue weighted by Crippen LogP contribution is 2.46. The summed E-state index contributed by atoms with van der Waals surface area (Å²) >= 11 is 4.23. The molecule has 0 spiro atoms. The molecule has 32 heavy (non-hydrogen) atoms. The lowest BCUT2D eigenvalue weighted by molar-refractivity contribution is -0.129. The van der Waals surface area contributed by atoms with Gasteiger partial charge in [0.2, 0.25) is 5.91 Å². The number of thiophene rings is 3. The summed E-state index contributed by atoms with van der Waals surface area (Å²) in [4.78, 5) is 29.7. The average molecular weight is 511 g/mol. The van der Waals surface area contributed by atoms with E-state index in [4.69, 9.17) is 5.21 Å². The van der Waals surface area contributed by atoms with E-state index in [1.165, 1.54) is 22.7 Å². The van der Waals surface area contributed by atoms with Crippen molar-refractivity contribution in [2.24, 2.45) is 0 Å². The first kappa shape index (κ1) is 23.1. The number of sulfone groups is 1. The van der Waals surface area contributed by atoms with Gasteiger partial charge < -0.3 is 4.90 Å². The van der Waals surface area contributed by atoms with Gasteiger partial charge in [0.25, 0.3) is 5.91 Å². The maximum atomic E-state index is 13.6. The van der Waals surface area contributed by atoms with E-state index in [0.717, 1.165) is 15.3 Å². The van der Waals surface area contributed by atoms with Crippen LogP contribution in [-0.4, -0.2) is 49.2 Å². The second-order valence-corrected chi connectivity index (χ2v) is 13.1. The van der Waals surface area contributed by atoms with Crippen LogP contribution in [0.2, 0.25) is 0 Å². The van der Waals surface area contributed by atoms with Crippen molar-refractivity contribution >= 4 is 55.7 Å². The molecule has 3 aromatic heterocycles. The molecular formula is C21H22N2O5S4. The van der Waals surface area contributed by atoms with E-state index in [-0.39, 0.29) is 31.2 Å². The van der Waals surface area contributed by atoms with Crippen LogP contribution in [0.3, 0.4) is 0 Å². The Kier molecular flexibility index (Phi) is 6.55. The number of aryl methyl sites for hydroxylation is 1. The first-order chi connectivity index (χ1) is 15.3. The van der Waals surface area contributed by atoms with E-state index in [0.29, 0.717) is 9.75 Å². The molecule has 4 heterocycles. The number of carbonyl (C=O) groups is 2. The molecule has 0 radical (unpaired) electrons. The number of rotatable bonds is 5. The molecule has 1 saturated heterocycles. The molecule has 0 saturated carbocycles. The molecule has 3 aromatic rings. The lowest BCUT2D eigenvalue weighted by Crippen LogP contribution is -2.41. The highest BCUT2D eigenvalue weighted by Gasteiger charge is 2.50. The third-order valence-electron chi connectivity index (χ3n) is 5.63. The number of carbonyl (C=O) groups excluding carboxylic acids is 2.